The predicted octanol–water partition coefficient (Wildman–Crippen LogP) is 2.57. The average Bonchev–Trinajstić information content (AvgIpc) is 3.03. The van der Waals surface area contributed by atoms with E-state index in [0.717, 1.165) is 50.4 Å². The molecular formula is C17H25N3O. The summed E-state index contributed by atoms with van der Waals surface area (Å²) in [6, 6.07) is 8.21. The second-order valence-electron chi connectivity index (χ2n) is 6.28. The fraction of sp³-hybridized carbons (Fsp3) is 0.588. The smallest absolute Gasteiger partial charge is 0.227 e. The Labute approximate surface area is 127 Å². The first kappa shape index (κ1) is 14.4. The average molecular weight is 287 g/mol. The molecule has 0 bridgehead atoms. The van der Waals surface area contributed by atoms with E-state index in [1.165, 1.54) is 12.8 Å². The number of nitrogens with one attached hydrogen (secondary N) is 1. The van der Waals surface area contributed by atoms with Gasteiger partial charge in [0, 0.05) is 32.1 Å². The van der Waals surface area contributed by atoms with E-state index in [-0.39, 0.29) is 11.8 Å². The molecule has 1 saturated carbocycles. The Bertz CT molecular complexity index is 489. The molecule has 1 aromatic carbocycles. The summed E-state index contributed by atoms with van der Waals surface area (Å²) in [7, 11) is 2.16. The van der Waals surface area contributed by atoms with E-state index in [1.54, 1.807) is 0 Å². The van der Waals surface area contributed by atoms with Crippen LogP contribution in [-0.4, -0.2) is 44.0 Å². The maximum atomic E-state index is 12.4. The van der Waals surface area contributed by atoms with Crippen molar-refractivity contribution in [3.63, 3.8) is 0 Å². The van der Waals surface area contributed by atoms with Crippen molar-refractivity contribution in [3.8, 4) is 0 Å². The third-order valence-electron chi connectivity index (χ3n) is 4.73. The van der Waals surface area contributed by atoms with E-state index in [2.05, 4.69) is 34.3 Å². The predicted molar refractivity (Wildman–Crippen MR) is 86.7 cm³/mol. The highest BCUT2D eigenvalue weighted by molar-refractivity contribution is 5.96. The summed E-state index contributed by atoms with van der Waals surface area (Å²) in [5, 5.41) is 3.17. The molecule has 0 atom stereocenters. The molecule has 4 nitrogen and oxygen atoms in total. The monoisotopic (exact) mass is 287 g/mol. The molecule has 1 aromatic rings. The first-order chi connectivity index (χ1) is 10.2. The Kier molecular flexibility index (Phi) is 4.44. The van der Waals surface area contributed by atoms with Crippen LogP contribution in [0.4, 0.5) is 11.4 Å². The van der Waals surface area contributed by atoms with Crippen LogP contribution in [0.15, 0.2) is 24.3 Å². The maximum Gasteiger partial charge on any atom is 0.227 e. The summed E-state index contributed by atoms with van der Waals surface area (Å²) < 4.78 is 0. The number of piperazine rings is 1. The highest BCUT2D eigenvalue weighted by Crippen LogP contribution is 2.30. The molecule has 4 heteroatoms. The van der Waals surface area contributed by atoms with Crippen LogP contribution in [0.25, 0.3) is 0 Å². The highest BCUT2D eigenvalue weighted by atomic mass is 16.1. The number of anilines is 2. The largest absolute Gasteiger partial charge is 0.367 e. The summed E-state index contributed by atoms with van der Waals surface area (Å²) in [5.74, 6) is 0.416. The van der Waals surface area contributed by atoms with Gasteiger partial charge in [-0.15, -0.1) is 0 Å². The number of hydrogen-bond donors (Lipinski definition) is 1. The number of amides is 1. The van der Waals surface area contributed by atoms with Gasteiger partial charge in [0.1, 0.15) is 0 Å². The van der Waals surface area contributed by atoms with E-state index in [0.29, 0.717) is 0 Å². The topological polar surface area (TPSA) is 35.6 Å². The van der Waals surface area contributed by atoms with Gasteiger partial charge in [0.2, 0.25) is 5.91 Å². The number of carbonyl (C=O) groups is 1. The Balaban J connectivity index is 1.71. The lowest BCUT2D eigenvalue weighted by Crippen LogP contribution is -2.44. The summed E-state index contributed by atoms with van der Waals surface area (Å²) in [6.45, 7) is 4.19. The fourth-order valence-electron chi connectivity index (χ4n) is 3.33. The molecule has 1 N–H and O–H groups in total. The van der Waals surface area contributed by atoms with Crippen LogP contribution >= 0.6 is 0 Å². The Morgan fingerprint density at radius 2 is 1.76 bits per heavy atom. The molecule has 2 aliphatic rings. The van der Waals surface area contributed by atoms with Crippen molar-refractivity contribution >= 4 is 17.3 Å². The van der Waals surface area contributed by atoms with Crippen molar-refractivity contribution in [2.45, 2.75) is 25.7 Å². The molecule has 1 heterocycles. The van der Waals surface area contributed by atoms with Gasteiger partial charge in [-0.2, -0.15) is 0 Å². The third-order valence-corrected chi connectivity index (χ3v) is 4.73. The van der Waals surface area contributed by atoms with Crippen molar-refractivity contribution in [2.24, 2.45) is 5.92 Å². The number of benzene rings is 1. The molecule has 0 spiro atoms. The van der Waals surface area contributed by atoms with Crippen LogP contribution in [-0.2, 0) is 4.79 Å². The van der Waals surface area contributed by atoms with Gasteiger partial charge in [0.05, 0.1) is 11.4 Å². The van der Waals surface area contributed by atoms with Crippen molar-refractivity contribution < 1.29 is 4.79 Å². The lowest BCUT2D eigenvalue weighted by atomic mass is 10.1. The molecule has 1 aliphatic heterocycles. The van der Waals surface area contributed by atoms with Crippen molar-refractivity contribution in [3.05, 3.63) is 24.3 Å². The highest BCUT2D eigenvalue weighted by Gasteiger charge is 2.24. The van der Waals surface area contributed by atoms with E-state index < -0.39 is 0 Å². The van der Waals surface area contributed by atoms with Crippen molar-refractivity contribution in [2.75, 3.05) is 43.4 Å². The van der Waals surface area contributed by atoms with Gasteiger partial charge in [0.15, 0.2) is 0 Å². The molecule has 1 amide bonds. The first-order valence-corrected chi connectivity index (χ1v) is 8.07. The molecule has 3 rings (SSSR count). The SMILES string of the molecule is CN1CCN(c2ccccc2NC(=O)C2CCCC2)CC1. The van der Waals surface area contributed by atoms with Gasteiger partial charge in [0.25, 0.3) is 0 Å². The lowest BCUT2D eigenvalue weighted by molar-refractivity contribution is -0.119. The van der Waals surface area contributed by atoms with Crippen LogP contribution in [0.5, 0.6) is 0 Å². The molecule has 2 fully saturated rings. The first-order valence-electron chi connectivity index (χ1n) is 8.07. The maximum absolute atomic E-state index is 12.4. The molecule has 0 aromatic heterocycles. The van der Waals surface area contributed by atoms with E-state index in [1.807, 2.05) is 12.1 Å². The van der Waals surface area contributed by atoms with Crippen LogP contribution in [0, 0.1) is 5.92 Å². The van der Waals surface area contributed by atoms with E-state index in [4.69, 9.17) is 0 Å². The summed E-state index contributed by atoms with van der Waals surface area (Å²) in [4.78, 5) is 17.1. The summed E-state index contributed by atoms with van der Waals surface area (Å²) in [6.07, 6.45) is 4.47. The molecule has 114 valence electrons. The zero-order chi connectivity index (χ0) is 14.7. The summed E-state index contributed by atoms with van der Waals surface area (Å²) in [5.41, 5.74) is 2.14. The number of carbonyl (C=O) groups excluding carboxylic acids is 1. The molecule has 21 heavy (non-hydrogen) atoms. The second-order valence-corrected chi connectivity index (χ2v) is 6.28. The van der Waals surface area contributed by atoms with Crippen molar-refractivity contribution in [1.82, 2.24) is 4.90 Å². The zero-order valence-corrected chi connectivity index (χ0v) is 12.8. The van der Waals surface area contributed by atoms with Crippen LogP contribution in [0.1, 0.15) is 25.7 Å². The minimum Gasteiger partial charge on any atom is -0.367 e. The zero-order valence-electron chi connectivity index (χ0n) is 12.8. The van der Waals surface area contributed by atoms with Crippen LogP contribution < -0.4 is 10.2 Å². The van der Waals surface area contributed by atoms with Gasteiger partial charge in [-0.1, -0.05) is 25.0 Å². The number of para-hydroxylation sites is 2. The van der Waals surface area contributed by atoms with E-state index >= 15 is 0 Å². The molecule has 0 radical (unpaired) electrons. The van der Waals surface area contributed by atoms with Crippen molar-refractivity contribution in [1.29, 1.82) is 0 Å². The normalized spacial score (nSPS) is 20.7. The number of rotatable bonds is 3. The molecule has 0 unspecified atom stereocenters. The Hall–Kier alpha value is -1.55. The fourth-order valence-corrected chi connectivity index (χ4v) is 3.33. The Morgan fingerprint density at radius 1 is 1.10 bits per heavy atom. The third kappa shape index (κ3) is 3.38. The Morgan fingerprint density at radius 3 is 2.48 bits per heavy atom. The standard InChI is InChI=1S/C17H25N3O/c1-19-10-12-20(13-11-19)16-9-5-4-8-15(16)18-17(21)14-6-2-3-7-14/h4-5,8-9,14H,2-3,6-7,10-13H2,1H3,(H,18,21). The minimum atomic E-state index is 0.203. The number of hydrogen-bond acceptors (Lipinski definition) is 3. The molecule has 1 saturated heterocycles. The van der Waals surface area contributed by atoms with E-state index in [9.17, 15) is 4.79 Å². The summed E-state index contributed by atoms with van der Waals surface area (Å²) >= 11 is 0. The van der Waals surface area contributed by atoms with Gasteiger partial charge < -0.3 is 15.1 Å². The van der Waals surface area contributed by atoms with Gasteiger partial charge in [-0.25, -0.2) is 0 Å². The number of likely N-dealkylation sites (N-methyl/N-ethyl adjacent to an activating group) is 1. The second kappa shape index (κ2) is 6.48. The van der Waals surface area contributed by atoms with Gasteiger partial charge in [-0.3, -0.25) is 4.79 Å². The molecule has 1 aliphatic carbocycles. The number of nitrogens with zero attached hydrogens (tertiary/aromatic N) is 2. The lowest BCUT2D eigenvalue weighted by Gasteiger charge is -2.35. The van der Waals surface area contributed by atoms with Crippen LogP contribution in [0.3, 0.4) is 0 Å². The van der Waals surface area contributed by atoms with Gasteiger partial charge >= 0.3 is 0 Å². The van der Waals surface area contributed by atoms with Gasteiger partial charge in [-0.05, 0) is 32.0 Å². The minimum absolute atomic E-state index is 0.203. The molecular weight excluding hydrogens is 262 g/mol. The van der Waals surface area contributed by atoms with Crippen LogP contribution in [0.2, 0.25) is 0 Å². The quantitative estimate of drug-likeness (QED) is 0.928.